The van der Waals surface area contributed by atoms with E-state index < -0.39 is 0 Å². The predicted octanol–water partition coefficient (Wildman–Crippen LogP) is 3.32. The summed E-state index contributed by atoms with van der Waals surface area (Å²) in [6.07, 6.45) is 1.78. The molecule has 0 amide bonds. The predicted molar refractivity (Wildman–Crippen MR) is 71.4 cm³/mol. The highest BCUT2D eigenvalue weighted by Crippen LogP contribution is 2.24. The second kappa shape index (κ2) is 5.65. The molecule has 2 aromatic rings. The minimum atomic E-state index is 0.510. The van der Waals surface area contributed by atoms with Crippen molar-refractivity contribution in [2.45, 2.75) is 0 Å². The molecule has 0 atom stereocenters. The fraction of sp³-hybridized carbons (Fsp3) is 0.0667. The minimum absolute atomic E-state index is 0.510. The number of hydrogen-bond acceptors (Lipinski definition) is 3. The van der Waals surface area contributed by atoms with E-state index in [2.05, 4.69) is 11.1 Å². The number of nitriles is 1. The Morgan fingerprint density at radius 1 is 1.17 bits per heavy atom. The van der Waals surface area contributed by atoms with E-state index in [4.69, 9.17) is 10.00 Å². The van der Waals surface area contributed by atoms with Gasteiger partial charge in [0.1, 0.15) is 11.8 Å². The number of aliphatic imine (C=N–C) groups is 1. The molecule has 0 aliphatic rings. The quantitative estimate of drug-likeness (QED) is 0.767. The van der Waals surface area contributed by atoms with Crippen molar-refractivity contribution in [1.29, 1.82) is 5.26 Å². The van der Waals surface area contributed by atoms with Crippen LogP contribution in [0.2, 0.25) is 0 Å². The van der Waals surface area contributed by atoms with Crippen molar-refractivity contribution < 1.29 is 4.74 Å². The second-order valence-electron chi connectivity index (χ2n) is 3.67. The second-order valence-corrected chi connectivity index (χ2v) is 3.67. The molecule has 0 aliphatic carbocycles. The first-order valence-corrected chi connectivity index (χ1v) is 5.51. The molecule has 2 rings (SSSR count). The standard InChI is InChI=1S/C15H12N2O/c1-18-15-9-14(8-7-13(15)10-16)17-11-12-5-3-2-4-6-12/h2-9,11H,1H3/b17-11+. The molecular weight excluding hydrogens is 224 g/mol. The summed E-state index contributed by atoms with van der Waals surface area (Å²) >= 11 is 0. The van der Waals surface area contributed by atoms with Crippen LogP contribution in [0.25, 0.3) is 0 Å². The molecular formula is C15H12N2O. The SMILES string of the molecule is COc1cc(/N=C/c2ccccc2)ccc1C#N. The highest BCUT2D eigenvalue weighted by atomic mass is 16.5. The molecule has 0 N–H and O–H groups in total. The number of benzene rings is 2. The Kier molecular flexibility index (Phi) is 3.72. The van der Waals surface area contributed by atoms with E-state index in [1.807, 2.05) is 30.3 Å². The highest BCUT2D eigenvalue weighted by molar-refractivity contribution is 5.82. The summed E-state index contributed by atoms with van der Waals surface area (Å²) in [5, 5.41) is 8.88. The molecule has 0 saturated carbocycles. The van der Waals surface area contributed by atoms with Gasteiger partial charge in [0.05, 0.1) is 18.4 Å². The number of nitrogens with zero attached hydrogens (tertiary/aromatic N) is 2. The molecule has 3 heteroatoms. The highest BCUT2D eigenvalue weighted by Gasteiger charge is 2.02. The maximum absolute atomic E-state index is 8.88. The van der Waals surface area contributed by atoms with E-state index >= 15 is 0 Å². The summed E-state index contributed by atoms with van der Waals surface area (Å²) in [7, 11) is 1.54. The van der Waals surface area contributed by atoms with Crippen molar-refractivity contribution in [3.63, 3.8) is 0 Å². The van der Waals surface area contributed by atoms with Crippen molar-refractivity contribution in [3.05, 3.63) is 59.7 Å². The fourth-order valence-corrected chi connectivity index (χ4v) is 1.54. The van der Waals surface area contributed by atoms with Crippen molar-refractivity contribution in [2.24, 2.45) is 4.99 Å². The fourth-order valence-electron chi connectivity index (χ4n) is 1.54. The average molecular weight is 236 g/mol. The van der Waals surface area contributed by atoms with Gasteiger partial charge in [0.15, 0.2) is 0 Å². The van der Waals surface area contributed by atoms with Gasteiger partial charge >= 0.3 is 0 Å². The van der Waals surface area contributed by atoms with E-state index in [0.717, 1.165) is 11.3 Å². The van der Waals surface area contributed by atoms with Crippen LogP contribution in [-0.4, -0.2) is 13.3 Å². The Bertz CT molecular complexity index is 598. The van der Waals surface area contributed by atoms with Crippen LogP contribution in [0.4, 0.5) is 5.69 Å². The Morgan fingerprint density at radius 3 is 2.61 bits per heavy atom. The Morgan fingerprint density at radius 2 is 1.94 bits per heavy atom. The largest absolute Gasteiger partial charge is 0.495 e. The van der Waals surface area contributed by atoms with Gasteiger partial charge in [-0.15, -0.1) is 0 Å². The Labute approximate surface area is 106 Å². The summed E-state index contributed by atoms with van der Waals surface area (Å²) in [5.41, 5.74) is 2.30. The molecule has 0 bridgehead atoms. The van der Waals surface area contributed by atoms with Crippen molar-refractivity contribution in [1.82, 2.24) is 0 Å². The zero-order chi connectivity index (χ0) is 12.8. The first-order valence-electron chi connectivity index (χ1n) is 5.51. The van der Waals surface area contributed by atoms with Crippen LogP contribution >= 0.6 is 0 Å². The lowest BCUT2D eigenvalue weighted by molar-refractivity contribution is 0.413. The smallest absolute Gasteiger partial charge is 0.138 e. The number of rotatable bonds is 3. The topological polar surface area (TPSA) is 45.4 Å². The number of hydrogen-bond donors (Lipinski definition) is 0. The van der Waals surface area contributed by atoms with E-state index in [1.165, 1.54) is 0 Å². The molecule has 18 heavy (non-hydrogen) atoms. The minimum Gasteiger partial charge on any atom is -0.495 e. The van der Waals surface area contributed by atoms with Gasteiger partial charge in [0.25, 0.3) is 0 Å². The van der Waals surface area contributed by atoms with Crippen LogP contribution in [0.5, 0.6) is 5.75 Å². The maximum atomic E-state index is 8.88. The van der Waals surface area contributed by atoms with Crippen molar-refractivity contribution >= 4 is 11.9 Å². The zero-order valence-electron chi connectivity index (χ0n) is 10.00. The summed E-state index contributed by atoms with van der Waals surface area (Å²) in [5.74, 6) is 0.542. The normalized spacial score (nSPS) is 10.2. The molecule has 0 fully saturated rings. The van der Waals surface area contributed by atoms with Crippen LogP contribution in [0.3, 0.4) is 0 Å². The number of ether oxygens (including phenoxy) is 1. The molecule has 0 aromatic heterocycles. The van der Waals surface area contributed by atoms with Gasteiger partial charge in [-0.3, -0.25) is 4.99 Å². The van der Waals surface area contributed by atoms with E-state index in [0.29, 0.717) is 11.3 Å². The van der Waals surface area contributed by atoms with Crippen LogP contribution in [0.15, 0.2) is 53.5 Å². The van der Waals surface area contributed by atoms with Crippen molar-refractivity contribution in [3.8, 4) is 11.8 Å². The molecule has 0 spiro atoms. The summed E-state index contributed by atoms with van der Waals surface area (Å²) in [4.78, 5) is 4.35. The van der Waals surface area contributed by atoms with Crippen molar-refractivity contribution in [2.75, 3.05) is 7.11 Å². The lowest BCUT2D eigenvalue weighted by atomic mass is 10.2. The Hall–Kier alpha value is -2.60. The van der Waals surface area contributed by atoms with Gasteiger partial charge in [-0.25, -0.2) is 0 Å². The molecule has 0 unspecified atom stereocenters. The van der Waals surface area contributed by atoms with E-state index in [-0.39, 0.29) is 0 Å². The van der Waals surface area contributed by atoms with Gasteiger partial charge in [-0.05, 0) is 17.7 Å². The average Bonchev–Trinajstić information content (AvgIpc) is 2.45. The van der Waals surface area contributed by atoms with Gasteiger partial charge < -0.3 is 4.74 Å². The third-order valence-electron chi connectivity index (χ3n) is 2.47. The van der Waals surface area contributed by atoms with Gasteiger partial charge in [0, 0.05) is 12.3 Å². The first-order chi connectivity index (χ1) is 8.83. The van der Waals surface area contributed by atoms with Gasteiger partial charge in [-0.2, -0.15) is 5.26 Å². The molecule has 2 aromatic carbocycles. The van der Waals surface area contributed by atoms with E-state index in [1.54, 1.807) is 31.5 Å². The Balaban J connectivity index is 2.25. The summed E-state index contributed by atoms with van der Waals surface area (Å²) in [6.45, 7) is 0. The molecule has 0 aliphatic heterocycles. The number of methoxy groups -OCH3 is 1. The monoisotopic (exact) mass is 236 g/mol. The molecule has 3 nitrogen and oxygen atoms in total. The molecule has 0 saturated heterocycles. The lowest BCUT2D eigenvalue weighted by Crippen LogP contribution is -1.87. The van der Waals surface area contributed by atoms with Crippen LogP contribution in [0, 0.1) is 11.3 Å². The molecule has 0 heterocycles. The van der Waals surface area contributed by atoms with Crippen LogP contribution in [0.1, 0.15) is 11.1 Å². The van der Waals surface area contributed by atoms with Gasteiger partial charge in [0.2, 0.25) is 0 Å². The van der Waals surface area contributed by atoms with Crippen LogP contribution in [-0.2, 0) is 0 Å². The first kappa shape index (κ1) is 11.9. The maximum Gasteiger partial charge on any atom is 0.138 e. The van der Waals surface area contributed by atoms with E-state index in [9.17, 15) is 0 Å². The zero-order valence-corrected chi connectivity index (χ0v) is 10.00. The molecule has 0 radical (unpaired) electrons. The van der Waals surface area contributed by atoms with Crippen LogP contribution < -0.4 is 4.74 Å². The third-order valence-corrected chi connectivity index (χ3v) is 2.47. The lowest BCUT2D eigenvalue weighted by Gasteiger charge is -2.02. The summed E-state index contributed by atoms with van der Waals surface area (Å²) < 4.78 is 5.13. The van der Waals surface area contributed by atoms with Gasteiger partial charge in [-0.1, -0.05) is 30.3 Å². The summed E-state index contributed by atoms with van der Waals surface area (Å²) in [6, 6.07) is 17.1. The third kappa shape index (κ3) is 2.74. The molecule has 88 valence electrons.